The van der Waals surface area contributed by atoms with Crippen LogP contribution in [-0.2, 0) is 16.3 Å². The zero-order valence-electron chi connectivity index (χ0n) is 13.2. The van der Waals surface area contributed by atoms with Crippen molar-refractivity contribution < 1.29 is 14.0 Å². The van der Waals surface area contributed by atoms with Crippen molar-refractivity contribution in [2.45, 2.75) is 40.0 Å². The molecule has 8 heteroatoms. The normalized spacial score (nSPS) is 13.6. The number of unbranched alkanes of at least 4 members (excludes halogenated alkanes) is 2. The van der Waals surface area contributed by atoms with Gasteiger partial charge in [0.05, 0.1) is 11.5 Å². The Bertz CT molecular complexity index is 554. The van der Waals surface area contributed by atoms with Gasteiger partial charge in [0.15, 0.2) is 0 Å². The maximum absolute atomic E-state index is 10.8. The molecule has 0 aliphatic rings. The number of aryl methyl sites for hydroxylation is 1. The van der Waals surface area contributed by atoms with Crippen LogP contribution in [0.2, 0.25) is 0 Å². The van der Waals surface area contributed by atoms with Crippen LogP contribution >= 0.6 is 6.64 Å². The summed E-state index contributed by atoms with van der Waals surface area (Å²) < 4.78 is 11.5. The fourth-order valence-electron chi connectivity index (χ4n) is 1.84. The number of hydrogen-bond donors (Lipinski definition) is 1. The van der Waals surface area contributed by atoms with Gasteiger partial charge in [-0.25, -0.2) is 5.09 Å². The zero-order valence-corrected chi connectivity index (χ0v) is 14.9. The second kappa shape index (κ2) is 9.20. The first kappa shape index (κ1) is 19.0. The second-order valence-corrected chi connectivity index (χ2v) is 8.02. The molecule has 0 saturated carbocycles. The highest BCUT2D eigenvalue weighted by molar-refractivity contribution is 8.09. The number of non-ortho nitro benzene ring substituents is 1. The Labute approximate surface area is 136 Å². The highest BCUT2D eigenvalue weighted by Gasteiger charge is 2.21. The number of nitro benzene ring substituents is 1. The van der Waals surface area contributed by atoms with E-state index in [1.807, 2.05) is 6.92 Å². The second-order valence-electron chi connectivity index (χ2n) is 4.83. The van der Waals surface area contributed by atoms with E-state index in [1.165, 1.54) is 12.1 Å². The molecule has 0 bridgehead atoms. The molecule has 1 unspecified atom stereocenters. The predicted octanol–water partition coefficient (Wildman–Crippen LogP) is 4.32. The molecule has 22 heavy (non-hydrogen) atoms. The van der Waals surface area contributed by atoms with Gasteiger partial charge in [-0.3, -0.25) is 10.1 Å². The van der Waals surface area contributed by atoms with E-state index in [0.717, 1.165) is 25.8 Å². The Morgan fingerprint density at radius 2 is 2.09 bits per heavy atom. The van der Waals surface area contributed by atoms with Gasteiger partial charge >= 0.3 is 6.64 Å². The maximum Gasteiger partial charge on any atom is 0.312 e. The maximum atomic E-state index is 10.8. The minimum atomic E-state index is -2.63. The fraction of sp³-hybridized carbons (Fsp3) is 0.571. The first-order valence-corrected chi connectivity index (χ1v) is 10.00. The summed E-state index contributed by atoms with van der Waals surface area (Å²) in [5.41, 5.74) is 0.698. The lowest BCUT2D eigenvalue weighted by Gasteiger charge is -2.24. The molecule has 0 aliphatic carbocycles. The van der Waals surface area contributed by atoms with Crippen molar-refractivity contribution in [1.29, 1.82) is 0 Å². The third-order valence-corrected chi connectivity index (χ3v) is 5.55. The topological polar surface area (TPSA) is 73.6 Å². The SMILES string of the molecule is CCCCCNP(=S)(OCC)Oc1ccc([N+](=O)[O-])cc1C. The number of nitrogens with one attached hydrogen (secondary N) is 1. The number of nitrogens with zero attached hydrogens (tertiary/aromatic N) is 1. The van der Waals surface area contributed by atoms with Crippen LogP contribution in [0.25, 0.3) is 0 Å². The largest absolute Gasteiger partial charge is 0.432 e. The van der Waals surface area contributed by atoms with Crippen molar-refractivity contribution in [3.05, 3.63) is 33.9 Å². The first-order chi connectivity index (χ1) is 10.4. The van der Waals surface area contributed by atoms with Crippen molar-refractivity contribution in [2.24, 2.45) is 0 Å². The molecule has 6 nitrogen and oxygen atoms in total. The van der Waals surface area contributed by atoms with Crippen molar-refractivity contribution >= 4 is 24.1 Å². The summed E-state index contributed by atoms with van der Waals surface area (Å²) in [6.45, 7) is 4.30. The smallest absolute Gasteiger partial charge is 0.312 e. The fourth-order valence-corrected chi connectivity index (χ4v) is 4.12. The summed E-state index contributed by atoms with van der Waals surface area (Å²) in [4.78, 5) is 10.3. The van der Waals surface area contributed by atoms with E-state index in [1.54, 1.807) is 13.0 Å². The van der Waals surface area contributed by atoms with Gasteiger partial charge in [-0.05, 0) is 43.7 Å². The molecule has 0 radical (unpaired) electrons. The Morgan fingerprint density at radius 1 is 1.36 bits per heavy atom. The molecule has 0 aromatic heterocycles. The highest BCUT2D eigenvalue weighted by Crippen LogP contribution is 2.45. The molecule has 0 spiro atoms. The molecule has 124 valence electrons. The van der Waals surface area contributed by atoms with Crippen LogP contribution in [0.3, 0.4) is 0 Å². The standard InChI is InChI=1S/C14H23N2O4PS/c1-4-6-7-10-15-21(22,19-5-2)20-14-9-8-13(16(17)18)11-12(14)3/h8-9,11H,4-7,10H2,1-3H3,(H,15,22). The van der Waals surface area contributed by atoms with Crippen LogP contribution < -0.4 is 9.61 Å². The van der Waals surface area contributed by atoms with Gasteiger partial charge in [0.25, 0.3) is 5.69 Å². The van der Waals surface area contributed by atoms with Gasteiger partial charge in [-0.15, -0.1) is 0 Å². The molecule has 0 amide bonds. The van der Waals surface area contributed by atoms with E-state index in [9.17, 15) is 10.1 Å². The Hall–Kier alpha value is -1.01. The lowest BCUT2D eigenvalue weighted by molar-refractivity contribution is -0.384. The molecule has 1 aromatic rings. The average Bonchev–Trinajstić information content (AvgIpc) is 2.46. The first-order valence-electron chi connectivity index (χ1n) is 7.36. The quantitative estimate of drug-likeness (QED) is 0.294. The molecule has 1 aromatic carbocycles. The lowest BCUT2D eigenvalue weighted by Crippen LogP contribution is -2.18. The van der Waals surface area contributed by atoms with Gasteiger partial charge in [-0.2, -0.15) is 0 Å². The number of hydrogen-bond acceptors (Lipinski definition) is 5. The summed E-state index contributed by atoms with van der Waals surface area (Å²) in [6, 6.07) is 4.45. The molecule has 0 aliphatic heterocycles. The van der Waals surface area contributed by atoms with Gasteiger partial charge in [-0.1, -0.05) is 19.8 Å². The van der Waals surface area contributed by atoms with E-state index >= 15 is 0 Å². The van der Waals surface area contributed by atoms with Crippen molar-refractivity contribution in [3.8, 4) is 5.75 Å². The Balaban J connectivity index is 2.81. The number of benzene rings is 1. The van der Waals surface area contributed by atoms with Gasteiger partial charge in [0, 0.05) is 18.7 Å². The Morgan fingerprint density at radius 3 is 2.64 bits per heavy atom. The summed E-state index contributed by atoms with van der Waals surface area (Å²) in [6.07, 6.45) is 3.25. The van der Waals surface area contributed by atoms with Crippen molar-refractivity contribution in [1.82, 2.24) is 5.09 Å². The van der Waals surface area contributed by atoms with Gasteiger partial charge < -0.3 is 9.05 Å². The summed E-state index contributed by atoms with van der Waals surface area (Å²) in [5.74, 6) is 0.519. The number of nitro groups is 1. The molecule has 0 saturated heterocycles. The molecule has 0 fully saturated rings. The lowest BCUT2D eigenvalue weighted by atomic mass is 10.2. The van der Waals surface area contributed by atoms with E-state index in [2.05, 4.69) is 12.0 Å². The molecule has 1 atom stereocenters. The van der Waals surface area contributed by atoms with Crippen molar-refractivity contribution in [3.63, 3.8) is 0 Å². The molecular weight excluding hydrogens is 323 g/mol. The molecular formula is C14H23N2O4PS. The predicted molar refractivity (Wildman–Crippen MR) is 91.9 cm³/mol. The highest BCUT2D eigenvalue weighted by atomic mass is 32.5. The average molecular weight is 346 g/mol. The zero-order chi connectivity index (χ0) is 16.6. The van der Waals surface area contributed by atoms with Crippen LogP contribution in [0.15, 0.2) is 18.2 Å². The molecule has 1 N–H and O–H groups in total. The van der Waals surface area contributed by atoms with E-state index < -0.39 is 11.6 Å². The van der Waals surface area contributed by atoms with Gasteiger partial charge in [0.2, 0.25) is 0 Å². The van der Waals surface area contributed by atoms with E-state index in [0.29, 0.717) is 17.9 Å². The Kier molecular flexibility index (Phi) is 7.96. The van der Waals surface area contributed by atoms with Crippen LogP contribution in [0, 0.1) is 17.0 Å². The third-order valence-electron chi connectivity index (χ3n) is 2.97. The van der Waals surface area contributed by atoms with Gasteiger partial charge in [0.1, 0.15) is 5.75 Å². The van der Waals surface area contributed by atoms with Crippen LogP contribution in [0.5, 0.6) is 5.75 Å². The van der Waals surface area contributed by atoms with E-state index in [4.69, 9.17) is 20.9 Å². The summed E-state index contributed by atoms with van der Waals surface area (Å²) in [7, 11) is 0. The summed E-state index contributed by atoms with van der Waals surface area (Å²) in [5, 5.41) is 14.0. The minimum Gasteiger partial charge on any atom is -0.432 e. The van der Waals surface area contributed by atoms with Crippen LogP contribution in [-0.4, -0.2) is 18.1 Å². The van der Waals surface area contributed by atoms with Crippen molar-refractivity contribution in [2.75, 3.05) is 13.2 Å². The third kappa shape index (κ3) is 6.01. The monoisotopic (exact) mass is 346 g/mol. The van der Waals surface area contributed by atoms with Crippen LogP contribution in [0.1, 0.15) is 38.7 Å². The minimum absolute atomic E-state index is 0.0328. The van der Waals surface area contributed by atoms with Crippen LogP contribution in [0.4, 0.5) is 5.69 Å². The summed E-state index contributed by atoms with van der Waals surface area (Å²) >= 11 is 5.50. The molecule has 0 heterocycles. The molecule has 1 rings (SSSR count). The van der Waals surface area contributed by atoms with E-state index in [-0.39, 0.29) is 5.69 Å². The number of rotatable bonds is 10.